The second-order valence-electron chi connectivity index (χ2n) is 6.29. The van der Waals surface area contributed by atoms with Gasteiger partial charge in [0.15, 0.2) is 5.75 Å². The van der Waals surface area contributed by atoms with Crippen LogP contribution in [0, 0.1) is 17.0 Å². The molecule has 0 saturated carbocycles. The van der Waals surface area contributed by atoms with Crippen molar-refractivity contribution in [2.45, 2.75) is 33.1 Å². The van der Waals surface area contributed by atoms with Gasteiger partial charge in [-0.1, -0.05) is 31.5 Å². The molecule has 142 valence electrons. The first kappa shape index (κ1) is 18.7. The van der Waals surface area contributed by atoms with E-state index in [1.165, 1.54) is 0 Å². The molecule has 7 nitrogen and oxygen atoms in total. The SMILES string of the molecule is CCCCOc1ccc(CCOn2c(C)nc3ccccc32)cc1[N+](=O)[O-]. The van der Waals surface area contributed by atoms with Crippen LogP contribution in [-0.4, -0.2) is 27.9 Å². The first-order valence-corrected chi connectivity index (χ1v) is 9.07. The number of hydrogen-bond donors (Lipinski definition) is 0. The predicted octanol–water partition coefficient (Wildman–Crippen LogP) is 4.10. The van der Waals surface area contributed by atoms with Gasteiger partial charge in [0, 0.05) is 12.5 Å². The number of aromatic nitrogens is 2. The summed E-state index contributed by atoms with van der Waals surface area (Å²) in [5, 5.41) is 11.3. The number of unbranched alkanes of at least 4 members (excludes halogenated alkanes) is 1. The first-order chi connectivity index (χ1) is 13.1. The van der Waals surface area contributed by atoms with E-state index in [2.05, 4.69) is 4.98 Å². The van der Waals surface area contributed by atoms with Gasteiger partial charge in [-0.25, -0.2) is 4.98 Å². The van der Waals surface area contributed by atoms with Crippen LogP contribution in [0.1, 0.15) is 31.2 Å². The molecule has 0 radical (unpaired) electrons. The number of nitro groups is 1. The quantitative estimate of drug-likeness (QED) is 0.322. The highest BCUT2D eigenvalue weighted by Crippen LogP contribution is 2.28. The summed E-state index contributed by atoms with van der Waals surface area (Å²) in [6.07, 6.45) is 2.39. The highest BCUT2D eigenvalue weighted by atomic mass is 16.7. The van der Waals surface area contributed by atoms with Crippen molar-refractivity contribution in [3.05, 3.63) is 64.0 Å². The second-order valence-corrected chi connectivity index (χ2v) is 6.29. The van der Waals surface area contributed by atoms with Crippen LogP contribution in [0.3, 0.4) is 0 Å². The van der Waals surface area contributed by atoms with Crippen molar-refractivity contribution in [2.24, 2.45) is 0 Å². The van der Waals surface area contributed by atoms with Crippen LogP contribution in [0.15, 0.2) is 42.5 Å². The summed E-state index contributed by atoms with van der Waals surface area (Å²) in [5.41, 5.74) is 2.60. The van der Waals surface area contributed by atoms with Gasteiger partial charge in [-0.15, -0.1) is 0 Å². The Hall–Kier alpha value is -3.09. The minimum absolute atomic E-state index is 0.00661. The molecular weight excluding hydrogens is 346 g/mol. The minimum atomic E-state index is -0.404. The molecule has 0 N–H and O–H groups in total. The molecule has 0 aliphatic carbocycles. The van der Waals surface area contributed by atoms with E-state index in [9.17, 15) is 10.1 Å². The maximum atomic E-state index is 11.3. The zero-order valence-corrected chi connectivity index (χ0v) is 15.6. The Balaban J connectivity index is 1.67. The number of benzene rings is 2. The van der Waals surface area contributed by atoms with E-state index in [0.29, 0.717) is 25.4 Å². The third-order valence-electron chi connectivity index (χ3n) is 4.26. The first-order valence-electron chi connectivity index (χ1n) is 9.07. The van der Waals surface area contributed by atoms with Gasteiger partial charge in [0.1, 0.15) is 17.9 Å². The van der Waals surface area contributed by atoms with E-state index < -0.39 is 4.92 Å². The molecule has 0 unspecified atom stereocenters. The summed E-state index contributed by atoms with van der Waals surface area (Å²) in [7, 11) is 0. The predicted molar refractivity (Wildman–Crippen MR) is 103 cm³/mol. The fourth-order valence-electron chi connectivity index (χ4n) is 2.85. The molecule has 1 heterocycles. The lowest BCUT2D eigenvalue weighted by Gasteiger charge is -2.10. The van der Waals surface area contributed by atoms with Gasteiger partial charge in [0.05, 0.1) is 17.0 Å². The number of nitrogens with zero attached hydrogens (tertiary/aromatic N) is 3. The molecule has 2 aromatic carbocycles. The molecule has 0 saturated heterocycles. The largest absolute Gasteiger partial charge is 0.487 e. The molecule has 3 rings (SSSR count). The number of hydrogen-bond acceptors (Lipinski definition) is 5. The van der Waals surface area contributed by atoms with Crippen molar-refractivity contribution in [3.8, 4) is 5.75 Å². The third-order valence-corrected chi connectivity index (χ3v) is 4.26. The van der Waals surface area contributed by atoms with Gasteiger partial charge in [-0.3, -0.25) is 10.1 Å². The highest BCUT2D eigenvalue weighted by molar-refractivity contribution is 5.75. The van der Waals surface area contributed by atoms with Crippen LogP contribution in [0.5, 0.6) is 5.75 Å². The Kier molecular flexibility index (Phi) is 5.90. The molecule has 0 spiro atoms. The van der Waals surface area contributed by atoms with Crippen molar-refractivity contribution in [2.75, 3.05) is 13.2 Å². The lowest BCUT2D eigenvalue weighted by atomic mass is 10.1. The summed E-state index contributed by atoms with van der Waals surface area (Å²) < 4.78 is 7.24. The summed E-state index contributed by atoms with van der Waals surface area (Å²) >= 11 is 0. The summed E-state index contributed by atoms with van der Waals surface area (Å²) in [6, 6.07) is 12.8. The van der Waals surface area contributed by atoms with E-state index in [1.807, 2.05) is 44.2 Å². The highest BCUT2D eigenvalue weighted by Gasteiger charge is 2.16. The Morgan fingerprint density at radius 3 is 2.78 bits per heavy atom. The third kappa shape index (κ3) is 4.36. The molecule has 0 atom stereocenters. The number of rotatable bonds is 9. The Bertz CT molecular complexity index is 936. The van der Waals surface area contributed by atoms with Crippen molar-refractivity contribution in [1.82, 2.24) is 9.71 Å². The molecule has 0 amide bonds. The molecular formula is C20H23N3O4. The standard InChI is InChI=1S/C20H23N3O4/c1-3-4-12-26-20-10-9-16(14-19(20)23(24)25)11-13-27-22-15(2)21-17-7-5-6-8-18(17)22/h5-10,14H,3-4,11-13H2,1-2H3. The van der Waals surface area contributed by atoms with Crippen LogP contribution in [0.2, 0.25) is 0 Å². The Morgan fingerprint density at radius 1 is 1.19 bits per heavy atom. The van der Waals surface area contributed by atoms with Gasteiger partial charge in [0.25, 0.3) is 0 Å². The average Bonchev–Trinajstić information content (AvgIpc) is 2.98. The van der Waals surface area contributed by atoms with Gasteiger partial charge in [-0.05, 0) is 37.1 Å². The molecule has 7 heteroatoms. The molecule has 0 aliphatic rings. The molecule has 27 heavy (non-hydrogen) atoms. The van der Waals surface area contributed by atoms with Crippen molar-refractivity contribution in [1.29, 1.82) is 0 Å². The number of aryl methyl sites for hydroxylation is 1. The van der Waals surface area contributed by atoms with Crippen molar-refractivity contribution >= 4 is 16.7 Å². The molecule has 0 fully saturated rings. The van der Waals surface area contributed by atoms with Crippen LogP contribution in [0.4, 0.5) is 5.69 Å². The fourth-order valence-corrected chi connectivity index (χ4v) is 2.85. The van der Waals surface area contributed by atoms with Crippen LogP contribution >= 0.6 is 0 Å². The van der Waals surface area contributed by atoms with Gasteiger partial charge in [0.2, 0.25) is 0 Å². The van der Waals surface area contributed by atoms with Gasteiger partial charge >= 0.3 is 5.69 Å². The zero-order chi connectivity index (χ0) is 19.2. The van der Waals surface area contributed by atoms with Crippen LogP contribution in [0.25, 0.3) is 11.0 Å². The topological polar surface area (TPSA) is 79.4 Å². The number of fused-ring (bicyclic) bond motifs is 1. The maximum Gasteiger partial charge on any atom is 0.311 e. The summed E-state index contributed by atoms with van der Waals surface area (Å²) in [5.74, 6) is 1.08. The van der Waals surface area contributed by atoms with E-state index in [-0.39, 0.29) is 5.69 Å². The molecule has 3 aromatic rings. The monoisotopic (exact) mass is 369 g/mol. The van der Waals surface area contributed by atoms with E-state index in [1.54, 1.807) is 16.9 Å². The minimum Gasteiger partial charge on any atom is -0.487 e. The van der Waals surface area contributed by atoms with Crippen LogP contribution < -0.4 is 9.57 Å². The maximum absolute atomic E-state index is 11.3. The summed E-state index contributed by atoms with van der Waals surface area (Å²) in [4.78, 5) is 21.2. The molecule has 0 bridgehead atoms. The molecule has 1 aromatic heterocycles. The Labute approximate surface area is 157 Å². The number of ether oxygens (including phenoxy) is 1. The van der Waals surface area contributed by atoms with Crippen molar-refractivity contribution in [3.63, 3.8) is 0 Å². The smallest absolute Gasteiger partial charge is 0.311 e. The van der Waals surface area contributed by atoms with Gasteiger partial charge in [-0.2, -0.15) is 4.73 Å². The second kappa shape index (κ2) is 8.53. The number of nitro benzene ring substituents is 1. The summed E-state index contributed by atoms with van der Waals surface area (Å²) in [6.45, 7) is 4.79. The average molecular weight is 369 g/mol. The van der Waals surface area contributed by atoms with E-state index in [4.69, 9.17) is 9.57 Å². The van der Waals surface area contributed by atoms with Gasteiger partial charge < -0.3 is 9.57 Å². The zero-order valence-electron chi connectivity index (χ0n) is 15.6. The van der Waals surface area contributed by atoms with E-state index in [0.717, 1.165) is 35.3 Å². The van der Waals surface area contributed by atoms with Crippen LogP contribution in [-0.2, 0) is 6.42 Å². The fraction of sp³-hybridized carbons (Fsp3) is 0.350. The van der Waals surface area contributed by atoms with Crippen molar-refractivity contribution < 1.29 is 14.5 Å². The Morgan fingerprint density at radius 2 is 2.00 bits per heavy atom. The number of para-hydroxylation sites is 2. The van der Waals surface area contributed by atoms with E-state index >= 15 is 0 Å². The number of imidazole rings is 1. The lowest BCUT2D eigenvalue weighted by molar-refractivity contribution is -0.385. The normalized spacial score (nSPS) is 10.9. The lowest BCUT2D eigenvalue weighted by Crippen LogP contribution is -2.16. The molecule has 0 aliphatic heterocycles.